The van der Waals surface area contributed by atoms with Gasteiger partial charge in [-0.15, -0.1) is 0 Å². The van der Waals surface area contributed by atoms with E-state index in [2.05, 4.69) is 15.9 Å². The fraction of sp³-hybridized carbons (Fsp3) is 0.130. The number of methoxy groups -OCH3 is 1. The Morgan fingerprint density at radius 3 is 2.53 bits per heavy atom. The number of furan rings is 1. The highest BCUT2D eigenvalue weighted by atomic mass is 79.9. The first kappa shape index (κ1) is 22.1. The first-order valence-electron chi connectivity index (χ1n) is 9.39. The Kier molecular flexibility index (Phi) is 5.83. The summed E-state index contributed by atoms with van der Waals surface area (Å²) in [7, 11) is 1.50. The number of amides is 1. The lowest BCUT2D eigenvalue weighted by molar-refractivity contribution is -0.132. The number of carbonyl (C=O) groups excluding carboxylic acids is 2. The maximum atomic E-state index is 13.7. The van der Waals surface area contributed by atoms with Crippen LogP contribution in [-0.4, -0.2) is 23.9 Å². The van der Waals surface area contributed by atoms with E-state index in [1.165, 1.54) is 19.2 Å². The molecule has 1 aliphatic heterocycles. The van der Waals surface area contributed by atoms with Crippen LogP contribution in [0.1, 0.15) is 23.1 Å². The minimum Gasteiger partial charge on any atom is -0.507 e. The smallest absolute Gasteiger partial charge is 0.300 e. The van der Waals surface area contributed by atoms with Gasteiger partial charge in [0.2, 0.25) is 0 Å². The van der Waals surface area contributed by atoms with Crippen molar-refractivity contribution in [3.05, 3.63) is 86.5 Å². The van der Waals surface area contributed by atoms with Gasteiger partial charge >= 0.3 is 0 Å². The summed E-state index contributed by atoms with van der Waals surface area (Å²) >= 11 is 9.26. The predicted molar refractivity (Wildman–Crippen MR) is 120 cm³/mol. The molecule has 1 aliphatic rings. The maximum absolute atomic E-state index is 13.7. The summed E-state index contributed by atoms with van der Waals surface area (Å²) in [6.45, 7) is 1.71. The molecule has 32 heavy (non-hydrogen) atoms. The zero-order valence-electron chi connectivity index (χ0n) is 16.9. The van der Waals surface area contributed by atoms with Gasteiger partial charge in [-0.05, 0) is 71.4 Å². The molecule has 1 fully saturated rings. The summed E-state index contributed by atoms with van der Waals surface area (Å²) in [5, 5.41) is 10.9. The summed E-state index contributed by atoms with van der Waals surface area (Å²) in [5.41, 5.74) is 0.315. The lowest BCUT2D eigenvalue weighted by Crippen LogP contribution is -2.29. The number of aliphatic hydroxyl groups is 1. The van der Waals surface area contributed by atoms with Gasteiger partial charge in [0, 0.05) is 11.3 Å². The molecule has 3 aromatic rings. The van der Waals surface area contributed by atoms with Crippen LogP contribution in [0, 0.1) is 12.7 Å². The first-order chi connectivity index (χ1) is 15.2. The van der Waals surface area contributed by atoms with Crippen molar-refractivity contribution >= 4 is 50.7 Å². The van der Waals surface area contributed by atoms with Crippen molar-refractivity contribution in [1.29, 1.82) is 0 Å². The predicted octanol–water partition coefficient (Wildman–Crippen LogP) is 5.78. The molecule has 1 amide bonds. The highest BCUT2D eigenvalue weighted by Gasteiger charge is 2.48. The van der Waals surface area contributed by atoms with E-state index in [4.69, 9.17) is 20.8 Å². The van der Waals surface area contributed by atoms with E-state index < -0.39 is 23.5 Å². The lowest BCUT2D eigenvalue weighted by Gasteiger charge is -2.23. The number of benzene rings is 2. The summed E-state index contributed by atoms with van der Waals surface area (Å²) in [5.74, 6) is -1.52. The van der Waals surface area contributed by atoms with Crippen molar-refractivity contribution in [1.82, 2.24) is 0 Å². The third kappa shape index (κ3) is 3.69. The van der Waals surface area contributed by atoms with E-state index in [0.29, 0.717) is 21.5 Å². The molecular weight excluding hydrogens is 505 g/mol. The van der Waals surface area contributed by atoms with Crippen LogP contribution < -0.4 is 9.64 Å². The van der Waals surface area contributed by atoms with Gasteiger partial charge in [0.05, 0.1) is 22.2 Å². The second-order valence-corrected chi connectivity index (χ2v) is 8.33. The third-order valence-corrected chi connectivity index (χ3v) is 5.99. The number of hydrogen-bond acceptors (Lipinski definition) is 5. The summed E-state index contributed by atoms with van der Waals surface area (Å²) in [6.07, 6.45) is 0. The highest BCUT2D eigenvalue weighted by Crippen LogP contribution is 2.43. The Morgan fingerprint density at radius 1 is 1.19 bits per heavy atom. The molecule has 164 valence electrons. The van der Waals surface area contributed by atoms with Crippen LogP contribution in [0.25, 0.3) is 5.76 Å². The third-order valence-electron chi connectivity index (χ3n) is 5.08. The number of anilines is 1. The van der Waals surface area contributed by atoms with Gasteiger partial charge in [-0.1, -0.05) is 11.6 Å². The van der Waals surface area contributed by atoms with Crippen LogP contribution in [0.4, 0.5) is 10.1 Å². The van der Waals surface area contributed by atoms with Gasteiger partial charge in [-0.25, -0.2) is 4.39 Å². The Balaban J connectivity index is 1.93. The zero-order valence-corrected chi connectivity index (χ0v) is 19.2. The maximum Gasteiger partial charge on any atom is 0.300 e. The van der Waals surface area contributed by atoms with Crippen molar-refractivity contribution in [2.45, 2.75) is 13.0 Å². The molecule has 1 atom stereocenters. The van der Waals surface area contributed by atoms with Gasteiger partial charge in [-0.3, -0.25) is 14.5 Å². The van der Waals surface area contributed by atoms with Crippen LogP contribution in [0.2, 0.25) is 5.02 Å². The molecule has 4 rings (SSSR count). The van der Waals surface area contributed by atoms with E-state index in [1.54, 1.807) is 37.3 Å². The average Bonchev–Trinajstić information content (AvgIpc) is 3.30. The Hall–Kier alpha value is -3.10. The van der Waals surface area contributed by atoms with E-state index in [9.17, 15) is 19.1 Å². The molecule has 1 unspecified atom stereocenters. The Labute approximate surface area is 196 Å². The number of aliphatic hydroxyl groups excluding tert-OH is 1. The molecule has 9 heteroatoms. The van der Waals surface area contributed by atoms with Gasteiger partial charge in [0.25, 0.3) is 11.7 Å². The van der Waals surface area contributed by atoms with Crippen LogP contribution in [0.15, 0.2) is 63.0 Å². The van der Waals surface area contributed by atoms with Gasteiger partial charge in [-0.2, -0.15) is 0 Å². The highest BCUT2D eigenvalue weighted by molar-refractivity contribution is 9.10. The standard InChI is InChI=1S/C23H16BrClFNO5/c1-11-3-7-18(32-11)20-19(21(28)12-4-8-17(31-2)14(24)9-12)22(29)23(30)27(20)13-5-6-16(26)15(25)10-13/h3-10,20,28H,1-2H3/b21-19-. The van der Waals surface area contributed by atoms with Gasteiger partial charge in [0.1, 0.15) is 34.9 Å². The Bertz CT molecular complexity index is 1290. The van der Waals surface area contributed by atoms with E-state index in [-0.39, 0.29) is 27.8 Å². The topological polar surface area (TPSA) is 80.0 Å². The molecule has 2 heterocycles. The van der Waals surface area contributed by atoms with Crippen molar-refractivity contribution in [3.63, 3.8) is 0 Å². The molecule has 0 saturated carbocycles. The fourth-order valence-electron chi connectivity index (χ4n) is 3.57. The summed E-state index contributed by atoms with van der Waals surface area (Å²) in [4.78, 5) is 27.2. The van der Waals surface area contributed by atoms with Gasteiger partial charge < -0.3 is 14.3 Å². The molecule has 1 saturated heterocycles. The number of halogens is 3. The van der Waals surface area contributed by atoms with Crippen molar-refractivity contribution in [2.75, 3.05) is 12.0 Å². The van der Waals surface area contributed by atoms with Crippen molar-refractivity contribution < 1.29 is 28.2 Å². The number of hydrogen-bond donors (Lipinski definition) is 1. The fourth-order valence-corrected chi connectivity index (χ4v) is 4.29. The van der Waals surface area contributed by atoms with Crippen LogP contribution >= 0.6 is 27.5 Å². The number of Topliss-reactive ketones (excluding diaryl/α,β-unsaturated/α-hetero) is 1. The average molecular weight is 521 g/mol. The second-order valence-electron chi connectivity index (χ2n) is 7.07. The Morgan fingerprint density at radius 2 is 1.94 bits per heavy atom. The SMILES string of the molecule is COc1ccc(/C(O)=C2/C(=O)C(=O)N(c3ccc(F)c(Cl)c3)C2c2ccc(C)o2)cc1Br. The number of ketones is 1. The minimum absolute atomic E-state index is 0.165. The molecule has 6 nitrogen and oxygen atoms in total. The van der Waals surface area contributed by atoms with Crippen molar-refractivity contribution in [3.8, 4) is 5.75 Å². The van der Waals surface area contributed by atoms with Crippen molar-refractivity contribution in [2.24, 2.45) is 0 Å². The molecule has 0 spiro atoms. The number of aryl methyl sites for hydroxylation is 1. The summed E-state index contributed by atoms with van der Waals surface area (Å²) < 4.78 is 25.2. The molecule has 1 aromatic heterocycles. The quantitative estimate of drug-likeness (QED) is 0.268. The molecular formula is C23H16BrClFNO5. The number of ether oxygens (including phenoxy) is 1. The molecule has 2 aromatic carbocycles. The molecule has 1 N–H and O–H groups in total. The lowest BCUT2D eigenvalue weighted by atomic mass is 9.99. The largest absolute Gasteiger partial charge is 0.507 e. The van der Waals surface area contributed by atoms with E-state index >= 15 is 0 Å². The van der Waals surface area contributed by atoms with Crippen LogP contribution in [0.3, 0.4) is 0 Å². The zero-order chi connectivity index (χ0) is 23.2. The number of rotatable bonds is 4. The summed E-state index contributed by atoms with van der Waals surface area (Å²) in [6, 6.07) is 10.6. The molecule has 0 bridgehead atoms. The minimum atomic E-state index is -1.08. The van der Waals surface area contributed by atoms with E-state index in [1.807, 2.05) is 0 Å². The number of carbonyl (C=O) groups is 2. The molecule has 0 aliphatic carbocycles. The molecule has 0 radical (unpaired) electrons. The first-order valence-corrected chi connectivity index (χ1v) is 10.6. The van der Waals surface area contributed by atoms with E-state index in [0.717, 1.165) is 11.0 Å². The monoisotopic (exact) mass is 519 g/mol. The normalized spacial score (nSPS) is 17.8. The van der Waals surface area contributed by atoms with Gasteiger partial charge in [0.15, 0.2) is 0 Å². The van der Waals surface area contributed by atoms with Crippen LogP contribution in [0.5, 0.6) is 5.75 Å². The second kappa shape index (κ2) is 8.44. The number of nitrogens with zero attached hydrogens (tertiary/aromatic N) is 1. The van der Waals surface area contributed by atoms with Crippen LogP contribution in [-0.2, 0) is 9.59 Å².